The highest BCUT2D eigenvalue weighted by molar-refractivity contribution is 5.74. The molecular weight excluding hydrogens is 194 g/mol. The molecule has 0 radical (unpaired) electrons. The first-order chi connectivity index (χ1) is 7.33. The van der Waals surface area contributed by atoms with Crippen molar-refractivity contribution in [3.63, 3.8) is 0 Å². The zero-order valence-electron chi connectivity index (χ0n) is 8.73. The van der Waals surface area contributed by atoms with Crippen LogP contribution in [0, 0.1) is 0 Å². The van der Waals surface area contributed by atoms with Gasteiger partial charge in [0, 0.05) is 6.42 Å². The van der Waals surface area contributed by atoms with Crippen molar-refractivity contribution in [2.45, 2.75) is 13.3 Å². The predicted octanol–water partition coefficient (Wildman–Crippen LogP) is 1.52. The summed E-state index contributed by atoms with van der Waals surface area (Å²) in [5.41, 5.74) is 2.30. The molecule has 1 aromatic rings. The van der Waals surface area contributed by atoms with E-state index in [-0.39, 0.29) is 5.91 Å². The Morgan fingerprint density at radius 3 is 2.67 bits per heavy atom. The molecule has 0 aliphatic carbocycles. The molecule has 4 nitrogen and oxygen atoms in total. The van der Waals surface area contributed by atoms with Crippen LogP contribution in [0.1, 0.15) is 13.3 Å². The number of ether oxygens (including phenoxy) is 1. The Labute approximate surface area is 89.1 Å². The van der Waals surface area contributed by atoms with E-state index in [4.69, 9.17) is 9.57 Å². The molecule has 1 rings (SSSR count). The fourth-order valence-corrected chi connectivity index (χ4v) is 0.922. The number of amides is 1. The Bertz CT molecular complexity index is 287. The summed E-state index contributed by atoms with van der Waals surface area (Å²) in [4.78, 5) is 15.7. The predicted molar refractivity (Wildman–Crippen MR) is 56.3 cm³/mol. The third kappa shape index (κ3) is 5.02. The summed E-state index contributed by atoms with van der Waals surface area (Å²) < 4.78 is 5.35. The lowest BCUT2D eigenvalue weighted by Gasteiger charge is -2.06. The molecule has 82 valence electrons. The van der Waals surface area contributed by atoms with Gasteiger partial charge in [-0.15, -0.1) is 0 Å². The lowest BCUT2D eigenvalue weighted by atomic mass is 10.3. The second-order valence-corrected chi connectivity index (χ2v) is 2.89. The van der Waals surface area contributed by atoms with E-state index in [2.05, 4.69) is 5.48 Å². The van der Waals surface area contributed by atoms with Crippen molar-refractivity contribution in [1.29, 1.82) is 0 Å². The number of para-hydroxylation sites is 1. The molecule has 0 aromatic heterocycles. The summed E-state index contributed by atoms with van der Waals surface area (Å²) in [6.07, 6.45) is 0.416. The largest absolute Gasteiger partial charge is 0.491 e. The summed E-state index contributed by atoms with van der Waals surface area (Å²) in [6, 6.07) is 9.45. The van der Waals surface area contributed by atoms with Crippen molar-refractivity contribution in [1.82, 2.24) is 5.48 Å². The SMILES string of the molecule is CCC(=O)NOCCOc1ccccc1. The fraction of sp³-hybridized carbons (Fsp3) is 0.364. The highest BCUT2D eigenvalue weighted by Crippen LogP contribution is 2.07. The molecule has 0 bridgehead atoms. The summed E-state index contributed by atoms with van der Waals surface area (Å²) in [5, 5.41) is 0. The lowest BCUT2D eigenvalue weighted by molar-refractivity contribution is -0.133. The van der Waals surface area contributed by atoms with Crippen LogP contribution in [0.4, 0.5) is 0 Å². The standard InChI is InChI=1S/C11H15NO3/c1-2-11(13)12-15-9-8-14-10-6-4-3-5-7-10/h3-7H,2,8-9H2,1H3,(H,12,13). The van der Waals surface area contributed by atoms with Gasteiger partial charge in [-0.1, -0.05) is 25.1 Å². The van der Waals surface area contributed by atoms with Crippen LogP contribution < -0.4 is 10.2 Å². The van der Waals surface area contributed by atoms with Gasteiger partial charge < -0.3 is 4.74 Å². The van der Waals surface area contributed by atoms with Crippen LogP contribution in [-0.2, 0) is 9.63 Å². The third-order valence-electron chi connectivity index (χ3n) is 1.70. The van der Waals surface area contributed by atoms with Gasteiger partial charge in [-0.2, -0.15) is 0 Å². The molecule has 0 aliphatic heterocycles. The van der Waals surface area contributed by atoms with Crippen molar-refractivity contribution >= 4 is 5.91 Å². The van der Waals surface area contributed by atoms with Crippen LogP contribution in [0.5, 0.6) is 5.75 Å². The zero-order chi connectivity index (χ0) is 10.9. The van der Waals surface area contributed by atoms with Gasteiger partial charge in [0.1, 0.15) is 19.0 Å². The first-order valence-corrected chi connectivity index (χ1v) is 4.91. The minimum Gasteiger partial charge on any atom is -0.491 e. The van der Waals surface area contributed by atoms with Crippen molar-refractivity contribution in [2.24, 2.45) is 0 Å². The van der Waals surface area contributed by atoms with E-state index in [0.717, 1.165) is 5.75 Å². The maximum absolute atomic E-state index is 10.8. The topological polar surface area (TPSA) is 47.6 Å². The van der Waals surface area contributed by atoms with E-state index in [9.17, 15) is 4.79 Å². The lowest BCUT2D eigenvalue weighted by Crippen LogP contribution is -2.24. The number of carbonyl (C=O) groups is 1. The Morgan fingerprint density at radius 2 is 2.00 bits per heavy atom. The highest BCUT2D eigenvalue weighted by Gasteiger charge is 1.95. The molecule has 0 saturated heterocycles. The summed E-state index contributed by atoms with van der Waals surface area (Å²) in [6.45, 7) is 2.51. The maximum atomic E-state index is 10.8. The van der Waals surface area contributed by atoms with E-state index in [0.29, 0.717) is 19.6 Å². The average molecular weight is 209 g/mol. The van der Waals surface area contributed by atoms with Crippen LogP contribution in [-0.4, -0.2) is 19.1 Å². The Kier molecular flexibility index (Phi) is 5.25. The molecule has 1 amide bonds. The van der Waals surface area contributed by atoms with Gasteiger partial charge in [-0.25, -0.2) is 5.48 Å². The number of hydrogen-bond acceptors (Lipinski definition) is 3. The summed E-state index contributed by atoms with van der Waals surface area (Å²) in [5.74, 6) is 0.664. The van der Waals surface area contributed by atoms with Crippen LogP contribution in [0.25, 0.3) is 0 Å². The number of hydroxylamine groups is 1. The number of nitrogens with one attached hydrogen (secondary N) is 1. The minimum absolute atomic E-state index is 0.130. The van der Waals surface area contributed by atoms with Crippen LogP contribution in [0.15, 0.2) is 30.3 Å². The second kappa shape index (κ2) is 6.84. The first-order valence-electron chi connectivity index (χ1n) is 4.91. The molecule has 1 N–H and O–H groups in total. The molecule has 0 heterocycles. The molecule has 4 heteroatoms. The van der Waals surface area contributed by atoms with E-state index in [1.165, 1.54) is 0 Å². The zero-order valence-corrected chi connectivity index (χ0v) is 8.73. The maximum Gasteiger partial charge on any atom is 0.243 e. The van der Waals surface area contributed by atoms with E-state index in [1.54, 1.807) is 6.92 Å². The van der Waals surface area contributed by atoms with E-state index < -0.39 is 0 Å². The third-order valence-corrected chi connectivity index (χ3v) is 1.70. The number of benzene rings is 1. The number of hydrogen-bond donors (Lipinski definition) is 1. The van der Waals surface area contributed by atoms with E-state index >= 15 is 0 Å². The second-order valence-electron chi connectivity index (χ2n) is 2.89. The molecule has 0 fully saturated rings. The normalized spacial score (nSPS) is 9.67. The summed E-state index contributed by atoms with van der Waals surface area (Å²) in [7, 11) is 0. The molecule has 15 heavy (non-hydrogen) atoms. The van der Waals surface area contributed by atoms with E-state index in [1.807, 2.05) is 30.3 Å². The van der Waals surface area contributed by atoms with Crippen molar-refractivity contribution in [3.05, 3.63) is 30.3 Å². The monoisotopic (exact) mass is 209 g/mol. The van der Waals surface area contributed by atoms with Gasteiger partial charge in [-0.3, -0.25) is 9.63 Å². The van der Waals surface area contributed by atoms with Gasteiger partial charge in [0.2, 0.25) is 5.91 Å². The fourth-order valence-electron chi connectivity index (χ4n) is 0.922. The molecule has 1 aromatic carbocycles. The number of rotatable bonds is 6. The van der Waals surface area contributed by atoms with Crippen molar-refractivity contribution in [3.8, 4) is 5.75 Å². The molecule has 0 unspecified atom stereocenters. The Balaban J connectivity index is 2.05. The van der Waals surface area contributed by atoms with Gasteiger partial charge >= 0.3 is 0 Å². The van der Waals surface area contributed by atoms with Crippen LogP contribution in [0.3, 0.4) is 0 Å². The molecule has 0 saturated carbocycles. The first kappa shape index (κ1) is 11.5. The van der Waals surface area contributed by atoms with Gasteiger partial charge in [-0.05, 0) is 12.1 Å². The molecule has 0 spiro atoms. The van der Waals surface area contributed by atoms with Gasteiger partial charge in [0.25, 0.3) is 0 Å². The average Bonchev–Trinajstić information content (AvgIpc) is 2.29. The Morgan fingerprint density at radius 1 is 1.27 bits per heavy atom. The quantitative estimate of drug-likeness (QED) is 0.571. The molecule has 0 aliphatic rings. The number of carbonyl (C=O) groups excluding carboxylic acids is 1. The molecule has 0 atom stereocenters. The smallest absolute Gasteiger partial charge is 0.243 e. The Hall–Kier alpha value is -1.55. The van der Waals surface area contributed by atoms with Crippen molar-refractivity contribution in [2.75, 3.05) is 13.2 Å². The highest BCUT2D eigenvalue weighted by atomic mass is 16.7. The van der Waals surface area contributed by atoms with Crippen molar-refractivity contribution < 1.29 is 14.4 Å². The minimum atomic E-state index is -0.130. The summed E-state index contributed by atoms with van der Waals surface area (Å²) >= 11 is 0. The van der Waals surface area contributed by atoms with Gasteiger partial charge in [0.05, 0.1) is 0 Å². The van der Waals surface area contributed by atoms with Crippen LogP contribution >= 0.6 is 0 Å². The van der Waals surface area contributed by atoms with Crippen LogP contribution in [0.2, 0.25) is 0 Å². The van der Waals surface area contributed by atoms with Gasteiger partial charge in [0.15, 0.2) is 0 Å². The molecular formula is C11H15NO3.